The molecule has 1 saturated heterocycles. The molecule has 1 heterocycles. The van der Waals surface area contributed by atoms with Crippen molar-refractivity contribution in [1.82, 2.24) is 0 Å². The Balaban J connectivity index is 1.38. The Hall–Kier alpha value is -3.64. The van der Waals surface area contributed by atoms with E-state index in [-0.39, 0.29) is 30.2 Å². The van der Waals surface area contributed by atoms with Crippen molar-refractivity contribution in [2.24, 2.45) is 11.8 Å². The second-order valence-electron chi connectivity index (χ2n) is 9.77. The number of carbonyl (C=O) groups is 1. The van der Waals surface area contributed by atoms with Gasteiger partial charge in [0.05, 0.1) is 7.11 Å². The second kappa shape index (κ2) is 10.8. The molecule has 0 N–H and O–H groups in total. The summed E-state index contributed by atoms with van der Waals surface area (Å²) in [7, 11) is 1.50. The van der Waals surface area contributed by atoms with Crippen LogP contribution in [0.2, 0.25) is 0 Å². The minimum Gasteiger partial charge on any atom is -0.493 e. The lowest BCUT2D eigenvalue weighted by Crippen LogP contribution is -2.45. The van der Waals surface area contributed by atoms with Crippen molar-refractivity contribution < 1.29 is 28.1 Å². The minimum atomic E-state index is -0.787. The minimum absolute atomic E-state index is 0.0411. The van der Waals surface area contributed by atoms with Gasteiger partial charge in [-0.25, -0.2) is 4.39 Å². The lowest BCUT2D eigenvalue weighted by molar-refractivity contribution is -0.123. The van der Waals surface area contributed by atoms with Gasteiger partial charge in [-0.05, 0) is 47.9 Å². The number of allylic oxidation sites excluding steroid dienone is 1. The van der Waals surface area contributed by atoms with Gasteiger partial charge in [0.1, 0.15) is 23.8 Å². The highest BCUT2D eigenvalue weighted by atomic mass is 19.1. The van der Waals surface area contributed by atoms with Crippen LogP contribution in [0.15, 0.2) is 84.6 Å². The van der Waals surface area contributed by atoms with E-state index in [0.29, 0.717) is 48.7 Å². The fourth-order valence-corrected chi connectivity index (χ4v) is 5.32. The summed E-state index contributed by atoms with van der Waals surface area (Å²) in [6, 6.07) is 22.8. The number of halogens is 1. The second-order valence-corrected chi connectivity index (χ2v) is 9.77. The van der Waals surface area contributed by atoms with Crippen LogP contribution < -0.4 is 9.47 Å². The molecule has 1 aliphatic heterocycles. The van der Waals surface area contributed by atoms with Crippen molar-refractivity contribution in [2.75, 3.05) is 13.9 Å². The van der Waals surface area contributed by atoms with Gasteiger partial charge in [0.2, 0.25) is 0 Å². The van der Waals surface area contributed by atoms with Crippen LogP contribution in [0.3, 0.4) is 0 Å². The third-order valence-electron chi connectivity index (χ3n) is 7.39. The molecule has 1 fully saturated rings. The number of benzene rings is 3. The van der Waals surface area contributed by atoms with E-state index in [2.05, 4.69) is 0 Å². The summed E-state index contributed by atoms with van der Waals surface area (Å²) < 4.78 is 38.5. The molecule has 3 atom stereocenters. The fraction of sp³-hybridized carbons (Fsp3) is 0.323. The van der Waals surface area contributed by atoms with Crippen LogP contribution in [0, 0.1) is 17.7 Å². The summed E-state index contributed by atoms with van der Waals surface area (Å²) in [5.41, 5.74) is 1.81. The topological polar surface area (TPSA) is 54.0 Å². The quantitative estimate of drug-likeness (QED) is 0.357. The van der Waals surface area contributed by atoms with E-state index in [1.165, 1.54) is 13.2 Å². The smallest absolute Gasteiger partial charge is 0.189 e. The molecule has 37 heavy (non-hydrogen) atoms. The number of ether oxygens (including phenoxy) is 4. The summed E-state index contributed by atoms with van der Waals surface area (Å²) >= 11 is 0. The molecule has 0 aromatic heterocycles. The number of rotatable bonds is 9. The molecule has 192 valence electrons. The average Bonchev–Trinajstić information content (AvgIpc) is 3.34. The SMILES string of the molecule is COc1cc(F)c(C[C@H](C)[C@]23C[C@@H](Cc4ccccc4)C(=O)C=C2OCO3)cc1OCc1ccccc1. The summed E-state index contributed by atoms with van der Waals surface area (Å²) in [4.78, 5) is 12.9. The number of methoxy groups -OCH3 is 1. The zero-order chi connectivity index (χ0) is 25.8. The molecule has 0 amide bonds. The first-order chi connectivity index (χ1) is 18.0. The van der Waals surface area contributed by atoms with Crippen molar-refractivity contribution >= 4 is 5.78 Å². The van der Waals surface area contributed by atoms with E-state index in [4.69, 9.17) is 18.9 Å². The summed E-state index contributed by atoms with van der Waals surface area (Å²) in [6.07, 6.45) is 3.07. The zero-order valence-corrected chi connectivity index (χ0v) is 21.1. The first-order valence-electron chi connectivity index (χ1n) is 12.6. The molecule has 3 aromatic rings. The highest BCUT2D eigenvalue weighted by Gasteiger charge is 2.52. The molecule has 2 aliphatic rings. The molecule has 5 rings (SSSR count). The van der Waals surface area contributed by atoms with Gasteiger partial charge in [0.15, 0.2) is 24.1 Å². The molecular weight excluding hydrogens is 471 g/mol. The van der Waals surface area contributed by atoms with Crippen molar-refractivity contribution in [3.8, 4) is 11.5 Å². The highest BCUT2D eigenvalue weighted by Crippen LogP contribution is 2.46. The van der Waals surface area contributed by atoms with E-state index in [9.17, 15) is 4.79 Å². The average molecular weight is 503 g/mol. The van der Waals surface area contributed by atoms with Crippen LogP contribution in [0.4, 0.5) is 4.39 Å². The summed E-state index contributed by atoms with van der Waals surface area (Å²) in [5, 5.41) is 0. The molecule has 0 spiro atoms. The van der Waals surface area contributed by atoms with Gasteiger partial charge in [0, 0.05) is 18.1 Å². The van der Waals surface area contributed by atoms with Crippen molar-refractivity contribution in [3.63, 3.8) is 0 Å². The maximum Gasteiger partial charge on any atom is 0.189 e. The Bertz CT molecular complexity index is 1270. The number of carbonyl (C=O) groups excluding carboxylic acids is 1. The van der Waals surface area contributed by atoms with E-state index in [1.807, 2.05) is 67.6 Å². The standard InChI is InChI=1S/C31H31FO5/c1-21(13-24-15-29(28(34-2)16-26(24)32)35-19-23-11-7-4-8-12-23)31-18-25(14-22-9-5-3-6-10-22)27(33)17-30(31)36-20-37-31/h3-12,15-17,21,25H,13-14,18-20H2,1-2H3/t21-,25+,31+/m0/s1. The predicted octanol–water partition coefficient (Wildman–Crippen LogP) is 6.05. The normalized spacial score (nSPS) is 21.5. The molecule has 6 heteroatoms. The van der Waals surface area contributed by atoms with Gasteiger partial charge < -0.3 is 18.9 Å². The molecular formula is C31H31FO5. The highest BCUT2D eigenvalue weighted by molar-refractivity contribution is 5.94. The van der Waals surface area contributed by atoms with Crippen LogP contribution >= 0.6 is 0 Å². The number of hydrogen-bond acceptors (Lipinski definition) is 5. The van der Waals surface area contributed by atoms with Crippen LogP contribution in [0.25, 0.3) is 0 Å². The number of fused-ring (bicyclic) bond motifs is 1. The Morgan fingerprint density at radius 2 is 1.73 bits per heavy atom. The lowest BCUT2D eigenvalue weighted by Gasteiger charge is -2.38. The first kappa shape index (κ1) is 25.0. The maximum atomic E-state index is 15.2. The third-order valence-corrected chi connectivity index (χ3v) is 7.39. The van der Waals surface area contributed by atoms with Gasteiger partial charge >= 0.3 is 0 Å². The van der Waals surface area contributed by atoms with Crippen LogP contribution in [0.1, 0.15) is 30.0 Å². The summed E-state index contributed by atoms with van der Waals surface area (Å²) in [6.45, 7) is 2.44. The van der Waals surface area contributed by atoms with E-state index < -0.39 is 5.60 Å². The molecule has 0 bridgehead atoms. The van der Waals surface area contributed by atoms with E-state index in [1.54, 1.807) is 12.1 Å². The number of ketones is 1. The monoisotopic (exact) mass is 502 g/mol. The largest absolute Gasteiger partial charge is 0.493 e. The maximum absolute atomic E-state index is 15.2. The molecule has 1 aliphatic carbocycles. The van der Waals surface area contributed by atoms with Crippen molar-refractivity contribution in [2.45, 2.75) is 38.4 Å². The van der Waals surface area contributed by atoms with Crippen LogP contribution in [-0.2, 0) is 33.7 Å². The van der Waals surface area contributed by atoms with Gasteiger partial charge in [-0.3, -0.25) is 4.79 Å². The molecule has 0 unspecified atom stereocenters. The Labute approximate surface area is 216 Å². The van der Waals surface area contributed by atoms with E-state index in [0.717, 1.165) is 11.1 Å². The Morgan fingerprint density at radius 1 is 1.03 bits per heavy atom. The predicted molar refractivity (Wildman–Crippen MR) is 138 cm³/mol. The number of hydrogen-bond donors (Lipinski definition) is 0. The van der Waals surface area contributed by atoms with Crippen LogP contribution in [0.5, 0.6) is 11.5 Å². The zero-order valence-electron chi connectivity index (χ0n) is 21.1. The van der Waals surface area contributed by atoms with Gasteiger partial charge in [-0.2, -0.15) is 0 Å². The molecule has 0 saturated carbocycles. The fourth-order valence-electron chi connectivity index (χ4n) is 5.32. The van der Waals surface area contributed by atoms with Crippen molar-refractivity contribution in [1.29, 1.82) is 0 Å². The third kappa shape index (κ3) is 5.25. The van der Waals surface area contributed by atoms with Gasteiger partial charge in [0.25, 0.3) is 0 Å². The van der Waals surface area contributed by atoms with Gasteiger partial charge in [-0.15, -0.1) is 0 Å². The van der Waals surface area contributed by atoms with Crippen molar-refractivity contribution in [3.05, 3.63) is 107 Å². The Morgan fingerprint density at radius 3 is 2.43 bits per heavy atom. The molecule has 0 radical (unpaired) electrons. The summed E-state index contributed by atoms with van der Waals surface area (Å²) in [5.74, 6) is 0.647. The first-order valence-corrected chi connectivity index (χ1v) is 12.6. The van der Waals surface area contributed by atoms with E-state index >= 15 is 4.39 Å². The molecule has 3 aromatic carbocycles. The van der Waals surface area contributed by atoms with Crippen LogP contribution in [-0.4, -0.2) is 25.3 Å². The molecule has 5 nitrogen and oxygen atoms in total. The Kier molecular flexibility index (Phi) is 7.28. The lowest BCUT2D eigenvalue weighted by atomic mass is 9.71. The van der Waals surface area contributed by atoms with Gasteiger partial charge in [-0.1, -0.05) is 67.6 Å².